The molecule has 5 rings (SSSR count). The fraction of sp³-hybridized carbons (Fsp3) is 0.333. The molecule has 244 valence electrons. The molecule has 1 saturated heterocycles. The number of aromatic nitrogens is 2. The minimum absolute atomic E-state index is 0.0202. The van der Waals surface area contributed by atoms with Crippen LogP contribution in [0.5, 0.6) is 0 Å². The van der Waals surface area contributed by atoms with Gasteiger partial charge in [-0.05, 0) is 35.4 Å². The number of carbonyl (C=O) groups is 2. The summed E-state index contributed by atoms with van der Waals surface area (Å²) in [7, 11) is -4.03. The number of hydrogen-bond acceptors (Lipinski definition) is 11. The van der Waals surface area contributed by atoms with E-state index in [2.05, 4.69) is 70.5 Å². The molecule has 1 unspecified atom stereocenters. The normalized spacial score (nSPS) is 15.0. The van der Waals surface area contributed by atoms with E-state index in [4.69, 9.17) is 21.1 Å². The molecule has 1 atom stereocenters. The lowest BCUT2D eigenvalue weighted by Gasteiger charge is -2.39. The van der Waals surface area contributed by atoms with Crippen LogP contribution >= 0.6 is 23.3 Å². The Labute approximate surface area is 276 Å². The van der Waals surface area contributed by atoms with Crippen LogP contribution in [0.15, 0.2) is 77.7 Å². The third-order valence-corrected chi connectivity index (χ3v) is 9.58. The molecule has 2 amide bonds. The van der Waals surface area contributed by atoms with Gasteiger partial charge in [0.05, 0.1) is 37.5 Å². The fourth-order valence-electron chi connectivity index (χ4n) is 5.07. The molecule has 0 aliphatic carbocycles. The molecule has 3 N–H and O–H groups in total. The van der Waals surface area contributed by atoms with Crippen LogP contribution in [0.25, 0.3) is 11.0 Å². The van der Waals surface area contributed by atoms with Crippen LogP contribution in [-0.2, 0) is 24.3 Å². The van der Waals surface area contributed by atoms with E-state index >= 15 is 0 Å². The number of amides is 2. The van der Waals surface area contributed by atoms with Gasteiger partial charge in [0.2, 0.25) is 10.0 Å². The second-order valence-corrected chi connectivity index (χ2v) is 13.1. The minimum atomic E-state index is -4.03. The van der Waals surface area contributed by atoms with Gasteiger partial charge in [0.25, 0.3) is 5.91 Å². The Morgan fingerprint density at radius 3 is 2.37 bits per heavy atom. The summed E-state index contributed by atoms with van der Waals surface area (Å²) in [5.41, 5.74) is 7.27. The number of carbonyl (C=O) groups excluding carboxylic acids is 2. The molecule has 1 aliphatic heterocycles. The summed E-state index contributed by atoms with van der Waals surface area (Å²) in [6, 6.07) is 23.2. The summed E-state index contributed by atoms with van der Waals surface area (Å²) >= 11 is 7.03. The summed E-state index contributed by atoms with van der Waals surface area (Å²) in [4.78, 5) is 28.7. The molecule has 2 heterocycles. The van der Waals surface area contributed by atoms with Crippen LogP contribution in [0.2, 0.25) is 5.02 Å². The van der Waals surface area contributed by atoms with Crippen molar-refractivity contribution in [1.82, 2.24) is 34.1 Å². The van der Waals surface area contributed by atoms with Gasteiger partial charge in [-0.1, -0.05) is 60.1 Å². The zero-order valence-corrected chi connectivity index (χ0v) is 27.2. The van der Waals surface area contributed by atoms with Gasteiger partial charge < -0.3 is 9.47 Å². The molecular weight excluding hydrogens is 654 g/mol. The SMILES string of the molecule is O=C(CNS(=O)(=O)c1cccc2nsnc12)NNC(=O)OCCOCCN1CCN(C(c2ccccc2)c2ccc(Cl)cc2)CC1. The molecule has 0 radical (unpaired) electrons. The van der Waals surface area contributed by atoms with Crippen LogP contribution in [0.4, 0.5) is 4.79 Å². The number of sulfonamides is 1. The van der Waals surface area contributed by atoms with E-state index in [1.54, 1.807) is 6.07 Å². The summed E-state index contributed by atoms with van der Waals surface area (Å²) in [6.07, 6.45) is -0.900. The van der Waals surface area contributed by atoms with E-state index in [0.717, 1.165) is 49.5 Å². The van der Waals surface area contributed by atoms with E-state index in [0.29, 0.717) is 12.1 Å². The Kier molecular flexibility index (Phi) is 11.9. The van der Waals surface area contributed by atoms with Crippen molar-refractivity contribution < 1.29 is 27.5 Å². The van der Waals surface area contributed by atoms with Crippen molar-refractivity contribution in [3.8, 4) is 0 Å². The monoisotopic (exact) mass is 687 g/mol. The van der Waals surface area contributed by atoms with E-state index in [-0.39, 0.29) is 29.7 Å². The smallest absolute Gasteiger partial charge is 0.426 e. The first kappa shape index (κ1) is 33.7. The Morgan fingerprint density at radius 2 is 1.61 bits per heavy atom. The lowest BCUT2D eigenvalue weighted by Crippen LogP contribution is -2.48. The average molecular weight is 688 g/mol. The number of ether oxygens (including phenoxy) is 2. The molecule has 0 spiro atoms. The molecule has 16 heteroatoms. The van der Waals surface area contributed by atoms with Gasteiger partial charge in [-0.25, -0.2) is 23.4 Å². The van der Waals surface area contributed by atoms with Gasteiger partial charge in [0, 0.05) is 37.7 Å². The van der Waals surface area contributed by atoms with E-state index in [1.807, 2.05) is 18.2 Å². The molecular formula is C30H34ClN7O6S2. The second kappa shape index (κ2) is 16.2. The lowest BCUT2D eigenvalue weighted by molar-refractivity contribution is -0.120. The molecule has 1 aliphatic rings. The number of piperazine rings is 1. The van der Waals surface area contributed by atoms with Crippen molar-refractivity contribution in [2.75, 3.05) is 59.1 Å². The molecule has 1 fully saturated rings. The molecule has 0 bridgehead atoms. The number of hydrogen-bond donors (Lipinski definition) is 3. The van der Waals surface area contributed by atoms with Crippen LogP contribution in [0, 0.1) is 0 Å². The number of nitrogens with one attached hydrogen (secondary N) is 3. The van der Waals surface area contributed by atoms with Crippen molar-refractivity contribution in [1.29, 1.82) is 0 Å². The van der Waals surface area contributed by atoms with Crippen LogP contribution in [0.1, 0.15) is 17.2 Å². The Bertz CT molecular complexity index is 1700. The molecule has 3 aromatic carbocycles. The van der Waals surface area contributed by atoms with Crippen molar-refractivity contribution in [2.24, 2.45) is 0 Å². The second-order valence-electron chi connectivity index (χ2n) is 10.4. The average Bonchev–Trinajstić information content (AvgIpc) is 3.56. The maximum Gasteiger partial charge on any atom is 0.426 e. The van der Waals surface area contributed by atoms with Crippen molar-refractivity contribution in [3.05, 3.63) is 88.9 Å². The molecule has 4 aromatic rings. The van der Waals surface area contributed by atoms with E-state index < -0.39 is 28.6 Å². The summed E-state index contributed by atoms with van der Waals surface area (Å²) in [6.45, 7) is 4.37. The number of nitrogens with zero attached hydrogens (tertiary/aromatic N) is 4. The van der Waals surface area contributed by atoms with Crippen molar-refractivity contribution in [2.45, 2.75) is 10.9 Å². The lowest BCUT2D eigenvalue weighted by atomic mass is 9.96. The van der Waals surface area contributed by atoms with E-state index in [9.17, 15) is 18.0 Å². The first-order valence-electron chi connectivity index (χ1n) is 14.6. The third-order valence-electron chi connectivity index (χ3n) is 7.35. The highest BCUT2D eigenvalue weighted by Crippen LogP contribution is 2.30. The van der Waals surface area contributed by atoms with Gasteiger partial charge in [-0.3, -0.25) is 20.0 Å². The van der Waals surface area contributed by atoms with Crippen LogP contribution < -0.4 is 15.6 Å². The van der Waals surface area contributed by atoms with Crippen LogP contribution in [0.3, 0.4) is 0 Å². The van der Waals surface area contributed by atoms with Crippen molar-refractivity contribution in [3.63, 3.8) is 0 Å². The highest BCUT2D eigenvalue weighted by Gasteiger charge is 2.26. The number of halogens is 1. The highest BCUT2D eigenvalue weighted by molar-refractivity contribution is 7.89. The van der Waals surface area contributed by atoms with Gasteiger partial charge in [0.1, 0.15) is 22.5 Å². The predicted octanol–water partition coefficient (Wildman–Crippen LogP) is 2.80. The first-order chi connectivity index (χ1) is 22.3. The summed E-state index contributed by atoms with van der Waals surface area (Å²) in [5, 5.41) is 0.719. The number of benzene rings is 3. The Balaban J connectivity index is 0.944. The largest absolute Gasteiger partial charge is 0.446 e. The molecule has 46 heavy (non-hydrogen) atoms. The summed E-state index contributed by atoms with van der Waals surface area (Å²) < 4.78 is 46.0. The van der Waals surface area contributed by atoms with Gasteiger partial charge >= 0.3 is 6.09 Å². The van der Waals surface area contributed by atoms with Gasteiger partial charge in [0.15, 0.2) is 0 Å². The fourth-order valence-corrected chi connectivity index (χ4v) is 6.94. The summed E-state index contributed by atoms with van der Waals surface area (Å²) in [5.74, 6) is -0.788. The third kappa shape index (κ3) is 9.19. The highest BCUT2D eigenvalue weighted by atomic mass is 35.5. The first-order valence-corrected chi connectivity index (χ1v) is 17.2. The number of rotatable bonds is 13. The molecule has 1 aromatic heterocycles. The maximum atomic E-state index is 12.6. The zero-order valence-electron chi connectivity index (χ0n) is 24.8. The quantitative estimate of drug-likeness (QED) is 0.141. The molecule has 0 saturated carbocycles. The van der Waals surface area contributed by atoms with Gasteiger partial charge in [-0.2, -0.15) is 8.75 Å². The van der Waals surface area contributed by atoms with E-state index in [1.165, 1.54) is 23.3 Å². The van der Waals surface area contributed by atoms with Crippen molar-refractivity contribution >= 4 is 56.4 Å². The minimum Gasteiger partial charge on any atom is -0.446 e. The number of fused-ring (bicyclic) bond motifs is 1. The number of hydrazine groups is 1. The molecule has 13 nitrogen and oxygen atoms in total. The maximum absolute atomic E-state index is 12.6. The van der Waals surface area contributed by atoms with Crippen LogP contribution in [-0.4, -0.2) is 98.1 Å². The standard InChI is InChI=1S/C30H34ClN7O6S2/c31-24-11-9-23(10-12-24)29(22-5-2-1-3-6-22)38-15-13-37(14-16-38)17-18-43-19-20-44-30(40)34-33-27(39)21-32-46(41,42)26-8-4-7-25-28(26)36-45-35-25/h1-12,29,32H,13-21H2,(H,33,39)(H,34,40). The topological polar surface area (TPSA) is 155 Å². The zero-order chi connectivity index (χ0) is 32.4. The Morgan fingerprint density at radius 1 is 0.870 bits per heavy atom. The van der Waals surface area contributed by atoms with Gasteiger partial charge in [-0.15, -0.1) is 0 Å². The Hall–Kier alpha value is -3.70. The predicted molar refractivity (Wildman–Crippen MR) is 174 cm³/mol.